The molecule has 2 aromatic rings. The van der Waals surface area contributed by atoms with Crippen molar-refractivity contribution in [3.8, 4) is 5.75 Å². The first-order valence-corrected chi connectivity index (χ1v) is 14.8. The molecule has 0 fully saturated rings. The minimum absolute atomic E-state index is 0.0296. The Morgan fingerprint density at radius 2 is 1.68 bits per heavy atom. The molecule has 37 heavy (non-hydrogen) atoms. The summed E-state index contributed by atoms with van der Waals surface area (Å²) < 4.78 is 31.3. The zero-order valence-corrected chi connectivity index (χ0v) is 24.0. The summed E-state index contributed by atoms with van der Waals surface area (Å²) in [6, 6.07) is 11.0. The second kappa shape index (κ2) is 14.4. The Balaban J connectivity index is 2.25. The molecule has 0 aliphatic carbocycles. The van der Waals surface area contributed by atoms with Gasteiger partial charge in [-0.3, -0.25) is 13.9 Å². The van der Waals surface area contributed by atoms with Crippen molar-refractivity contribution in [2.24, 2.45) is 0 Å². The van der Waals surface area contributed by atoms with Gasteiger partial charge in [0.05, 0.1) is 19.1 Å². The van der Waals surface area contributed by atoms with Crippen LogP contribution in [-0.4, -0.2) is 57.6 Å². The van der Waals surface area contributed by atoms with E-state index in [1.165, 1.54) is 16.3 Å². The van der Waals surface area contributed by atoms with E-state index in [0.717, 1.165) is 12.7 Å². The summed E-state index contributed by atoms with van der Waals surface area (Å²) in [5.41, 5.74) is 1.03. The molecule has 1 atom stereocenters. The molecule has 2 amide bonds. The molecule has 2 rings (SSSR count). The van der Waals surface area contributed by atoms with Gasteiger partial charge in [-0.05, 0) is 55.7 Å². The van der Waals surface area contributed by atoms with Crippen LogP contribution in [0, 0.1) is 0 Å². The van der Waals surface area contributed by atoms with E-state index in [4.69, 9.17) is 27.9 Å². The van der Waals surface area contributed by atoms with Crippen LogP contribution in [0.15, 0.2) is 42.5 Å². The molecule has 1 N–H and O–H groups in total. The van der Waals surface area contributed by atoms with E-state index in [-0.39, 0.29) is 37.7 Å². The number of ether oxygens (including phenoxy) is 1. The van der Waals surface area contributed by atoms with Gasteiger partial charge in [0.1, 0.15) is 11.8 Å². The van der Waals surface area contributed by atoms with Crippen LogP contribution in [0.4, 0.5) is 5.69 Å². The number of anilines is 1. The Morgan fingerprint density at radius 3 is 2.19 bits per heavy atom. The molecule has 0 saturated heterocycles. The Morgan fingerprint density at radius 1 is 1.05 bits per heavy atom. The van der Waals surface area contributed by atoms with Gasteiger partial charge in [-0.1, -0.05) is 43.1 Å². The van der Waals surface area contributed by atoms with Crippen molar-refractivity contribution in [2.45, 2.75) is 52.1 Å². The number of nitrogens with one attached hydrogen (secondary N) is 1. The molecule has 204 valence electrons. The van der Waals surface area contributed by atoms with Gasteiger partial charge in [-0.15, -0.1) is 0 Å². The molecule has 0 aliphatic heterocycles. The fourth-order valence-electron chi connectivity index (χ4n) is 3.89. The van der Waals surface area contributed by atoms with Gasteiger partial charge in [0.15, 0.2) is 0 Å². The number of hydrogen-bond acceptors (Lipinski definition) is 5. The second-order valence-corrected chi connectivity index (χ2v) is 11.3. The fraction of sp³-hybridized carbons (Fsp3) is 0.462. The molecule has 0 aliphatic rings. The van der Waals surface area contributed by atoms with E-state index in [9.17, 15) is 18.0 Å². The van der Waals surface area contributed by atoms with Gasteiger partial charge >= 0.3 is 0 Å². The molecule has 0 heterocycles. The first-order chi connectivity index (χ1) is 17.5. The predicted octanol–water partition coefficient (Wildman–Crippen LogP) is 4.88. The Kier molecular flexibility index (Phi) is 12.0. The van der Waals surface area contributed by atoms with E-state index in [1.54, 1.807) is 42.5 Å². The minimum atomic E-state index is -3.59. The van der Waals surface area contributed by atoms with Crippen LogP contribution in [0.3, 0.4) is 0 Å². The van der Waals surface area contributed by atoms with Crippen LogP contribution in [0.5, 0.6) is 5.75 Å². The SMILES string of the molecule is CCCNC(=O)[C@H](CC)N(Cc1c(Cl)cccc1Cl)C(=O)CCCN(c1ccc(OC)cc1)S(C)(=O)=O. The van der Waals surface area contributed by atoms with E-state index in [2.05, 4.69) is 5.32 Å². The molecule has 0 bridgehead atoms. The van der Waals surface area contributed by atoms with Crippen molar-refractivity contribution < 1.29 is 22.7 Å². The van der Waals surface area contributed by atoms with Gasteiger partial charge in [0.25, 0.3) is 0 Å². The highest BCUT2D eigenvalue weighted by Crippen LogP contribution is 2.28. The molecule has 0 aromatic heterocycles. The van der Waals surface area contributed by atoms with Crippen LogP contribution in [-0.2, 0) is 26.2 Å². The molecule has 0 unspecified atom stereocenters. The van der Waals surface area contributed by atoms with Crippen molar-refractivity contribution in [3.63, 3.8) is 0 Å². The molecule has 11 heteroatoms. The van der Waals surface area contributed by atoms with Crippen LogP contribution in [0.2, 0.25) is 10.0 Å². The first-order valence-electron chi connectivity index (χ1n) is 12.1. The summed E-state index contributed by atoms with van der Waals surface area (Å²) in [6.45, 7) is 4.43. The number of carbonyl (C=O) groups is 2. The van der Waals surface area contributed by atoms with Gasteiger partial charge in [0.2, 0.25) is 21.8 Å². The fourth-order valence-corrected chi connectivity index (χ4v) is 5.37. The van der Waals surface area contributed by atoms with Gasteiger partial charge in [-0.2, -0.15) is 0 Å². The summed E-state index contributed by atoms with van der Waals surface area (Å²) >= 11 is 12.7. The van der Waals surface area contributed by atoms with Crippen LogP contribution in [0.1, 0.15) is 45.1 Å². The quantitative estimate of drug-likeness (QED) is 0.348. The zero-order valence-electron chi connectivity index (χ0n) is 21.7. The van der Waals surface area contributed by atoms with Crippen molar-refractivity contribution in [1.29, 1.82) is 0 Å². The Labute approximate surface area is 229 Å². The third kappa shape index (κ3) is 8.79. The summed E-state index contributed by atoms with van der Waals surface area (Å²) in [6.07, 6.45) is 2.55. The number of amides is 2. The van der Waals surface area contributed by atoms with Crippen LogP contribution in [0.25, 0.3) is 0 Å². The van der Waals surface area contributed by atoms with Crippen molar-refractivity contribution in [1.82, 2.24) is 10.2 Å². The lowest BCUT2D eigenvalue weighted by atomic mass is 10.1. The number of hydrogen-bond donors (Lipinski definition) is 1. The average Bonchev–Trinajstić information content (AvgIpc) is 2.86. The third-order valence-corrected chi connectivity index (χ3v) is 7.74. The highest BCUT2D eigenvalue weighted by atomic mass is 35.5. The number of rotatable bonds is 14. The second-order valence-electron chi connectivity index (χ2n) is 8.57. The summed E-state index contributed by atoms with van der Waals surface area (Å²) in [5, 5.41) is 3.66. The number of benzene rings is 2. The maximum absolute atomic E-state index is 13.5. The van der Waals surface area contributed by atoms with E-state index >= 15 is 0 Å². The van der Waals surface area contributed by atoms with Crippen LogP contribution < -0.4 is 14.4 Å². The van der Waals surface area contributed by atoms with E-state index < -0.39 is 16.1 Å². The number of nitrogens with zero attached hydrogens (tertiary/aromatic N) is 2. The first kappa shape index (κ1) is 30.7. The maximum atomic E-state index is 13.5. The van der Waals surface area contributed by atoms with Crippen molar-refractivity contribution in [2.75, 3.05) is 30.8 Å². The lowest BCUT2D eigenvalue weighted by Crippen LogP contribution is -2.49. The molecular formula is C26H35Cl2N3O5S. The molecule has 0 radical (unpaired) electrons. The Bertz CT molecular complexity index is 1140. The standard InChI is InChI=1S/C26H35Cl2N3O5S/c1-5-16-29-26(33)24(6-2)30(18-21-22(27)9-7-10-23(21)28)25(32)11-8-17-31(37(4,34)35)19-12-14-20(36-3)15-13-19/h7,9-10,12-15,24H,5-6,8,11,16-18H2,1-4H3,(H,29,33)/t24-/m0/s1. The van der Waals surface area contributed by atoms with Gasteiger partial charge in [0, 0.05) is 41.7 Å². The van der Waals surface area contributed by atoms with Crippen molar-refractivity contribution in [3.05, 3.63) is 58.1 Å². The molecule has 0 saturated carbocycles. The largest absolute Gasteiger partial charge is 0.497 e. The zero-order chi connectivity index (χ0) is 27.6. The minimum Gasteiger partial charge on any atom is -0.497 e. The predicted molar refractivity (Wildman–Crippen MR) is 149 cm³/mol. The van der Waals surface area contributed by atoms with Gasteiger partial charge in [-0.25, -0.2) is 8.42 Å². The third-order valence-electron chi connectivity index (χ3n) is 5.84. The smallest absolute Gasteiger partial charge is 0.242 e. The molecular weight excluding hydrogens is 537 g/mol. The normalized spacial score (nSPS) is 12.1. The van der Waals surface area contributed by atoms with E-state index in [0.29, 0.717) is 40.0 Å². The lowest BCUT2D eigenvalue weighted by molar-refractivity contribution is -0.141. The average molecular weight is 573 g/mol. The number of carbonyl (C=O) groups excluding carboxylic acids is 2. The number of methoxy groups -OCH3 is 1. The van der Waals surface area contributed by atoms with Crippen LogP contribution >= 0.6 is 23.2 Å². The molecule has 8 nitrogen and oxygen atoms in total. The maximum Gasteiger partial charge on any atom is 0.242 e. The summed E-state index contributed by atoms with van der Waals surface area (Å²) in [4.78, 5) is 27.9. The molecule has 0 spiro atoms. The highest BCUT2D eigenvalue weighted by molar-refractivity contribution is 7.92. The highest BCUT2D eigenvalue weighted by Gasteiger charge is 2.29. The summed E-state index contributed by atoms with van der Waals surface area (Å²) in [7, 11) is -2.06. The monoisotopic (exact) mass is 571 g/mol. The van der Waals surface area contributed by atoms with E-state index in [1.807, 2.05) is 13.8 Å². The topological polar surface area (TPSA) is 96.0 Å². The molecule has 2 aromatic carbocycles. The number of halogens is 2. The number of sulfonamides is 1. The summed E-state index contributed by atoms with van der Waals surface area (Å²) in [5.74, 6) is 0.0581. The van der Waals surface area contributed by atoms with Crippen molar-refractivity contribution >= 4 is 50.7 Å². The Hall–Kier alpha value is -2.49. The lowest BCUT2D eigenvalue weighted by Gasteiger charge is -2.31. The van der Waals surface area contributed by atoms with Gasteiger partial charge < -0.3 is 15.0 Å².